The Kier molecular flexibility index (Phi) is 4.05. The van der Waals surface area contributed by atoms with Crippen LogP contribution in [0.25, 0.3) is 0 Å². The molecule has 0 fully saturated rings. The molecule has 78 valence electrons. The fraction of sp³-hybridized carbons (Fsp3) is 0.667. The number of aryl methyl sites for hydroxylation is 1. The van der Waals surface area contributed by atoms with E-state index in [1.165, 1.54) is 6.42 Å². The summed E-state index contributed by atoms with van der Waals surface area (Å²) in [5.41, 5.74) is 2.11. The van der Waals surface area contributed by atoms with E-state index in [0.29, 0.717) is 0 Å². The molecule has 0 aliphatic heterocycles. The Hall–Kier alpha value is -0.920. The predicted molar refractivity (Wildman–Crippen MR) is 59.1 cm³/mol. The van der Waals surface area contributed by atoms with Crippen molar-refractivity contribution in [3.05, 3.63) is 23.8 Å². The van der Waals surface area contributed by atoms with Crippen LogP contribution < -0.4 is 0 Å². The molecule has 0 aromatic carbocycles. The van der Waals surface area contributed by atoms with Gasteiger partial charge in [-0.3, -0.25) is 9.97 Å². The highest BCUT2D eigenvalue weighted by Crippen LogP contribution is 2.18. The van der Waals surface area contributed by atoms with Gasteiger partial charge in [0.15, 0.2) is 0 Å². The Morgan fingerprint density at radius 3 is 2.36 bits per heavy atom. The van der Waals surface area contributed by atoms with E-state index in [1.54, 1.807) is 0 Å². The first-order chi connectivity index (χ1) is 6.63. The lowest BCUT2D eigenvalue weighted by Gasteiger charge is -2.17. The van der Waals surface area contributed by atoms with Gasteiger partial charge >= 0.3 is 0 Å². The standard InChI is InChI=1S/C12H20N2/c1-5-11(9(2)3)6-12-8-13-10(4)7-14-12/h7-9,11H,5-6H2,1-4H3. The van der Waals surface area contributed by atoms with Crippen LogP contribution in [0.5, 0.6) is 0 Å². The van der Waals surface area contributed by atoms with Gasteiger partial charge in [-0.05, 0) is 25.2 Å². The lowest BCUT2D eigenvalue weighted by atomic mass is 9.89. The summed E-state index contributed by atoms with van der Waals surface area (Å²) in [5.74, 6) is 1.45. The lowest BCUT2D eigenvalue weighted by Crippen LogP contribution is -2.11. The largest absolute Gasteiger partial charge is 0.258 e. The Morgan fingerprint density at radius 2 is 1.93 bits per heavy atom. The number of rotatable bonds is 4. The van der Waals surface area contributed by atoms with E-state index in [9.17, 15) is 0 Å². The second kappa shape index (κ2) is 5.08. The first-order valence-corrected chi connectivity index (χ1v) is 5.41. The van der Waals surface area contributed by atoms with Gasteiger partial charge in [0.1, 0.15) is 0 Å². The minimum absolute atomic E-state index is 0.725. The third-order valence-electron chi connectivity index (χ3n) is 2.77. The van der Waals surface area contributed by atoms with Crippen LogP contribution in [0, 0.1) is 18.8 Å². The predicted octanol–water partition coefficient (Wildman–Crippen LogP) is 3.01. The Balaban J connectivity index is 2.63. The molecule has 2 nitrogen and oxygen atoms in total. The van der Waals surface area contributed by atoms with Gasteiger partial charge in [-0.1, -0.05) is 27.2 Å². The highest BCUT2D eigenvalue weighted by Gasteiger charge is 2.12. The summed E-state index contributed by atoms with van der Waals surface area (Å²) in [6.07, 6.45) is 6.03. The summed E-state index contributed by atoms with van der Waals surface area (Å²) in [4.78, 5) is 8.65. The number of hydrogen-bond donors (Lipinski definition) is 0. The third-order valence-corrected chi connectivity index (χ3v) is 2.77. The molecule has 1 heterocycles. The van der Waals surface area contributed by atoms with Crippen LogP contribution in [-0.2, 0) is 6.42 Å². The minimum atomic E-state index is 0.725. The average molecular weight is 192 g/mol. The fourth-order valence-electron chi connectivity index (χ4n) is 1.64. The van der Waals surface area contributed by atoms with Crippen molar-refractivity contribution >= 4 is 0 Å². The Morgan fingerprint density at radius 1 is 1.21 bits per heavy atom. The van der Waals surface area contributed by atoms with Crippen molar-refractivity contribution in [3.8, 4) is 0 Å². The van der Waals surface area contributed by atoms with Gasteiger partial charge in [0.05, 0.1) is 11.4 Å². The maximum atomic E-state index is 4.39. The van der Waals surface area contributed by atoms with Crippen molar-refractivity contribution in [3.63, 3.8) is 0 Å². The normalized spacial score (nSPS) is 13.2. The van der Waals surface area contributed by atoms with E-state index in [2.05, 4.69) is 30.7 Å². The molecule has 2 heteroatoms. The van der Waals surface area contributed by atoms with E-state index in [1.807, 2.05) is 19.3 Å². The molecule has 0 saturated heterocycles. The van der Waals surface area contributed by atoms with Gasteiger partial charge in [-0.2, -0.15) is 0 Å². The number of hydrogen-bond acceptors (Lipinski definition) is 2. The molecule has 1 aromatic rings. The van der Waals surface area contributed by atoms with Crippen molar-refractivity contribution in [2.45, 2.75) is 40.5 Å². The Bertz CT molecular complexity index is 264. The average Bonchev–Trinajstić information content (AvgIpc) is 2.16. The van der Waals surface area contributed by atoms with Crippen molar-refractivity contribution in [2.75, 3.05) is 0 Å². The van der Waals surface area contributed by atoms with Gasteiger partial charge in [0, 0.05) is 12.4 Å². The van der Waals surface area contributed by atoms with Gasteiger partial charge in [0.2, 0.25) is 0 Å². The van der Waals surface area contributed by atoms with Gasteiger partial charge in [0.25, 0.3) is 0 Å². The van der Waals surface area contributed by atoms with E-state index in [0.717, 1.165) is 29.6 Å². The molecular weight excluding hydrogens is 172 g/mol. The van der Waals surface area contributed by atoms with E-state index in [4.69, 9.17) is 0 Å². The molecule has 0 radical (unpaired) electrons. The van der Waals surface area contributed by atoms with Crippen molar-refractivity contribution in [1.29, 1.82) is 0 Å². The second-order valence-electron chi connectivity index (χ2n) is 4.27. The molecule has 0 aliphatic rings. The molecule has 0 spiro atoms. The summed E-state index contributed by atoms with van der Waals surface area (Å²) in [6, 6.07) is 0. The molecule has 0 N–H and O–H groups in total. The molecule has 14 heavy (non-hydrogen) atoms. The molecular formula is C12H20N2. The quantitative estimate of drug-likeness (QED) is 0.733. The zero-order chi connectivity index (χ0) is 10.6. The fourth-order valence-corrected chi connectivity index (χ4v) is 1.64. The highest BCUT2D eigenvalue weighted by atomic mass is 14.8. The summed E-state index contributed by atoms with van der Waals surface area (Å²) in [6.45, 7) is 8.76. The molecule has 1 atom stereocenters. The molecule has 0 bridgehead atoms. The van der Waals surface area contributed by atoms with Gasteiger partial charge in [-0.15, -0.1) is 0 Å². The van der Waals surface area contributed by atoms with Crippen LogP contribution in [0.4, 0.5) is 0 Å². The van der Waals surface area contributed by atoms with E-state index >= 15 is 0 Å². The van der Waals surface area contributed by atoms with Crippen LogP contribution >= 0.6 is 0 Å². The molecule has 0 aliphatic carbocycles. The minimum Gasteiger partial charge on any atom is -0.258 e. The number of aromatic nitrogens is 2. The maximum absolute atomic E-state index is 4.39. The third kappa shape index (κ3) is 3.09. The maximum Gasteiger partial charge on any atom is 0.0589 e. The van der Waals surface area contributed by atoms with Crippen molar-refractivity contribution in [2.24, 2.45) is 11.8 Å². The van der Waals surface area contributed by atoms with Crippen molar-refractivity contribution in [1.82, 2.24) is 9.97 Å². The topological polar surface area (TPSA) is 25.8 Å². The molecule has 0 saturated carbocycles. The van der Waals surface area contributed by atoms with Gasteiger partial charge < -0.3 is 0 Å². The molecule has 1 unspecified atom stereocenters. The van der Waals surface area contributed by atoms with Crippen LogP contribution in [0.15, 0.2) is 12.4 Å². The summed E-state index contributed by atoms with van der Waals surface area (Å²) in [7, 11) is 0. The monoisotopic (exact) mass is 192 g/mol. The van der Waals surface area contributed by atoms with E-state index < -0.39 is 0 Å². The Labute approximate surface area is 86.8 Å². The zero-order valence-electron chi connectivity index (χ0n) is 9.62. The number of nitrogens with zero attached hydrogens (tertiary/aromatic N) is 2. The van der Waals surface area contributed by atoms with Gasteiger partial charge in [-0.25, -0.2) is 0 Å². The summed E-state index contributed by atoms with van der Waals surface area (Å²) < 4.78 is 0. The van der Waals surface area contributed by atoms with Crippen LogP contribution in [0.3, 0.4) is 0 Å². The van der Waals surface area contributed by atoms with Crippen LogP contribution in [0.1, 0.15) is 38.6 Å². The smallest absolute Gasteiger partial charge is 0.0589 e. The van der Waals surface area contributed by atoms with E-state index in [-0.39, 0.29) is 0 Å². The second-order valence-corrected chi connectivity index (χ2v) is 4.27. The molecule has 0 amide bonds. The van der Waals surface area contributed by atoms with Crippen molar-refractivity contribution < 1.29 is 0 Å². The molecule has 1 aromatic heterocycles. The first kappa shape index (κ1) is 11.2. The zero-order valence-corrected chi connectivity index (χ0v) is 9.62. The SMILES string of the molecule is CCC(Cc1cnc(C)cn1)C(C)C. The first-order valence-electron chi connectivity index (χ1n) is 5.41. The van der Waals surface area contributed by atoms with Crippen LogP contribution in [-0.4, -0.2) is 9.97 Å². The summed E-state index contributed by atoms with van der Waals surface area (Å²) >= 11 is 0. The summed E-state index contributed by atoms with van der Waals surface area (Å²) in [5, 5.41) is 0. The molecule has 1 rings (SSSR count). The lowest BCUT2D eigenvalue weighted by molar-refractivity contribution is 0.367. The highest BCUT2D eigenvalue weighted by molar-refractivity contribution is 5.01. The van der Waals surface area contributed by atoms with Crippen LogP contribution in [0.2, 0.25) is 0 Å².